The summed E-state index contributed by atoms with van der Waals surface area (Å²) >= 11 is 0. The molecule has 0 heterocycles. The average Bonchev–Trinajstić information content (AvgIpc) is 2.26. The molecule has 17 heavy (non-hydrogen) atoms. The number of nitrogens with zero attached hydrogens (tertiary/aromatic N) is 1. The molecule has 1 atom stereocenters. The van der Waals surface area contributed by atoms with Crippen LogP contribution in [0.3, 0.4) is 0 Å². The molecule has 0 aliphatic heterocycles. The number of rotatable bonds is 6. The molecule has 0 bridgehead atoms. The standard InChI is InChI=1S/C12H19NO3S/c1-11(14)8-9-13(2)17(15,16)10-12-6-4-3-5-7-12/h3-7,11,14H,8-10H2,1-2H3. The van der Waals surface area contributed by atoms with Crippen molar-refractivity contribution in [3.8, 4) is 0 Å². The first-order chi connectivity index (χ1) is 7.92. The highest BCUT2D eigenvalue weighted by Gasteiger charge is 2.18. The van der Waals surface area contributed by atoms with Crippen molar-refractivity contribution in [1.82, 2.24) is 4.31 Å². The largest absolute Gasteiger partial charge is 0.393 e. The molecule has 0 amide bonds. The molecule has 1 unspecified atom stereocenters. The van der Waals surface area contributed by atoms with Crippen LogP contribution in [-0.4, -0.2) is 37.5 Å². The summed E-state index contributed by atoms with van der Waals surface area (Å²) in [5.41, 5.74) is 0.774. The number of hydrogen-bond acceptors (Lipinski definition) is 3. The molecule has 0 aliphatic rings. The Balaban J connectivity index is 2.62. The van der Waals surface area contributed by atoms with Crippen LogP contribution in [0, 0.1) is 0 Å². The van der Waals surface area contributed by atoms with Crippen molar-refractivity contribution in [2.24, 2.45) is 0 Å². The third kappa shape index (κ3) is 4.85. The maximum atomic E-state index is 12.0. The molecule has 0 aliphatic carbocycles. The summed E-state index contributed by atoms with van der Waals surface area (Å²) in [5, 5.41) is 9.14. The molecule has 0 fully saturated rings. The van der Waals surface area contributed by atoms with E-state index in [0.29, 0.717) is 13.0 Å². The molecule has 1 aromatic rings. The summed E-state index contributed by atoms with van der Waals surface area (Å²) in [6.07, 6.45) is -0.0331. The second kappa shape index (κ2) is 6.14. The fourth-order valence-electron chi connectivity index (χ4n) is 1.40. The Morgan fingerprint density at radius 1 is 1.29 bits per heavy atom. The summed E-state index contributed by atoms with van der Waals surface area (Å²) in [5.74, 6) is 0.00412. The minimum absolute atomic E-state index is 0.00412. The lowest BCUT2D eigenvalue weighted by Gasteiger charge is -2.17. The molecule has 0 aromatic heterocycles. The highest BCUT2D eigenvalue weighted by Crippen LogP contribution is 2.09. The Morgan fingerprint density at radius 2 is 1.88 bits per heavy atom. The first kappa shape index (κ1) is 14.2. The van der Waals surface area contributed by atoms with E-state index in [1.165, 1.54) is 4.31 Å². The van der Waals surface area contributed by atoms with Gasteiger partial charge in [0.05, 0.1) is 11.9 Å². The summed E-state index contributed by atoms with van der Waals surface area (Å²) in [7, 11) is -1.74. The van der Waals surface area contributed by atoms with Crippen LogP contribution in [0.1, 0.15) is 18.9 Å². The van der Waals surface area contributed by atoms with Gasteiger partial charge in [-0.3, -0.25) is 0 Å². The Hall–Kier alpha value is -0.910. The Bertz CT molecular complexity index is 428. The van der Waals surface area contributed by atoms with Crippen LogP contribution in [-0.2, 0) is 15.8 Å². The summed E-state index contributed by atoms with van der Waals surface area (Å²) in [6.45, 7) is 1.99. The van der Waals surface area contributed by atoms with Crippen LogP contribution in [0.5, 0.6) is 0 Å². The van der Waals surface area contributed by atoms with Gasteiger partial charge in [0, 0.05) is 13.6 Å². The molecular weight excluding hydrogens is 238 g/mol. The fraction of sp³-hybridized carbons (Fsp3) is 0.500. The van der Waals surface area contributed by atoms with Crippen molar-refractivity contribution in [3.63, 3.8) is 0 Å². The molecule has 5 heteroatoms. The predicted molar refractivity (Wildman–Crippen MR) is 68.0 cm³/mol. The van der Waals surface area contributed by atoms with Crippen LogP contribution >= 0.6 is 0 Å². The zero-order valence-electron chi connectivity index (χ0n) is 10.2. The predicted octanol–water partition coefficient (Wildman–Crippen LogP) is 1.22. The molecule has 1 rings (SSSR count). The van der Waals surface area contributed by atoms with Crippen LogP contribution < -0.4 is 0 Å². The second-order valence-electron chi connectivity index (χ2n) is 4.20. The lowest BCUT2D eigenvalue weighted by atomic mass is 10.2. The van der Waals surface area contributed by atoms with Gasteiger partial charge in [0.15, 0.2) is 0 Å². The molecule has 1 N–H and O–H groups in total. The number of sulfonamides is 1. The lowest BCUT2D eigenvalue weighted by Crippen LogP contribution is -2.30. The highest BCUT2D eigenvalue weighted by atomic mass is 32.2. The van der Waals surface area contributed by atoms with Gasteiger partial charge in [-0.2, -0.15) is 0 Å². The molecule has 96 valence electrons. The van der Waals surface area contributed by atoms with Gasteiger partial charge in [-0.1, -0.05) is 30.3 Å². The van der Waals surface area contributed by atoms with Crippen molar-refractivity contribution in [3.05, 3.63) is 35.9 Å². The molecule has 0 spiro atoms. The molecule has 1 aromatic carbocycles. The van der Waals surface area contributed by atoms with Gasteiger partial charge in [-0.05, 0) is 18.9 Å². The smallest absolute Gasteiger partial charge is 0.218 e. The minimum Gasteiger partial charge on any atom is -0.393 e. The van der Waals surface area contributed by atoms with Crippen molar-refractivity contribution < 1.29 is 13.5 Å². The zero-order chi connectivity index (χ0) is 12.9. The van der Waals surface area contributed by atoms with Crippen molar-refractivity contribution in [2.75, 3.05) is 13.6 Å². The van der Waals surface area contributed by atoms with Crippen LogP contribution in [0.2, 0.25) is 0 Å². The second-order valence-corrected chi connectivity index (χ2v) is 6.28. The van der Waals surface area contributed by atoms with Gasteiger partial charge in [-0.15, -0.1) is 0 Å². The van der Waals surface area contributed by atoms with Gasteiger partial charge in [0.25, 0.3) is 0 Å². The van der Waals surface area contributed by atoms with Gasteiger partial charge >= 0.3 is 0 Å². The quantitative estimate of drug-likeness (QED) is 0.833. The van der Waals surface area contributed by atoms with Crippen LogP contribution in [0.15, 0.2) is 30.3 Å². The zero-order valence-corrected chi connectivity index (χ0v) is 11.0. The summed E-state index contributed by atoms with van der Waals surface area (Å²) in [6, 6.07) is 9.08. The molecule has 0 saturated carbocycles. The van der Waals surface area contributed by atoms with Crippen molar-refractivity contribution in [1.29, 1.82) is 0 Å². The van der Waals surface area contributed by atoms with E-state index < -0.39 is 16.1 Å². The number of benzene rings is 1. The fourth-order valence-corrected chi connectivity index (χ4v) is 2.62. The van der Waals surface area contributed by atoms with Crippen molar-refractivity contribution in [2.45, 2.75) is 25.2 Å². The van der Waals surface area contributed by atoms with Crippen LogP contribution in [0.25, 0.3) is 0 Å². The number of aliphatic hydroxyl groups is 1. The third-order valence-corrected chi connectivity index (χ3v) is 4.36. The van der Waals surface area contributed by atoms with E-state index >= 15 is 0 Å². The van der Waals surface area contributed by atoms with E-state index in [0.717, 1.165) is 5.56 Å². The summed E-state index contributed by atoms with van der Waals surface area (Å²) < 4.78 is 25.2. The summed E-state index contributed by atoms with van der Waals surface area (Å²) in [4.78, 5) is 0. The first-order valence-corrected chi connectivity index (χ1v) is 7.19. The minimum atomic E-state index is -3.29. The van der Waals surface area contributed by atoms with Crippen molar-refractivity contribution >= 4 is 10.0 Å². The van der Waals surface area contributed by atoms with E-state index in [9.17, 15) is 8.42 Å². The van der Waals surface area contributed by atoms with Gasteiger partial charge < -0.3 is 5.11 Å². The van der Waals surface area contributed by atoms with E-state index in [4.69, 9.17) is 5.11 Å². The molecule has 4 nitrogen and oxygen atoms in total. The van der Waals surface area contributed by atoms with Gasteiger partial charge in [0.1, 0.15) is 0 Å². The topological polar surface area (TPSA) is 57.6 Å². The number of hydrogen-bond donors (Lipinski definition) is 1. The normalized spacial score (nSPS) is 13.9. The Labute approximate surface area is 103 Å². The SMILES string of the molecule is CC(O)CCN(C)S(=O)(=O)Cc1ccccc1. The molecule has 0 radical (unpaired) electrons. The Morgan fingerprint density at radius 3 is 2.41 bits per heavy atom. The Kier molecular flexibility index (Phi) is 5.11. The van der Waals surface area contributed by atoms with E-state index in [-0.39, 0.29) is 5.75 Å². The molecule has 0 saturated heterocycles. The van der Waals surface area contributed by atoms with Gasteiger partial charge in [-0.25, -0.2) is 12.7 Å². The maximum absolute atomic E-state index is 12.0. The average molecular weight is 257 g/mol. The van der Waals surface area contributed by atoms with Gasteiger partial charge in [0.2, 0.25) is 10.0 Å². The number of aliphatic hydroxyl groups excluding tert-OH is 1. The van der Waals surface area contributed by atoms with E-state index in [2.05, 4.69) is 0 Å². The van der Waals surface area contributed by atoms with Crippen LogP contribution in [0.4, 0.5) is 0 Å². The molecular formula is C12H19NO3S. The first-order valence-electron chi connectivity index (χ1n) is 5.58. The highest BCUT2D eigenvalue weighted by molar-refractivity contribution is 7.88. The van der Waals surface area contributed by atoms with E-state index in [1.54, 1.807) is 26.1 Å². The monoisotopic (exact) mass is 257 g/mol. The maximum Gasteiger partial charge on any atom is 0.218 e. The third-order valence-electron chi connectivity index (χ3n) is 2.53. The van der Waals surface area contributed by atoms with E-state index in [1.807, 2.05) is 18.2 Å². The lowest BCUT2D eigenvalue weighted by molar-refractivity contribution is 0.177.